The smallest absolute Gasteiger partial charge is 0.246 e. The standard InChI is InChI=1S/C21H25NO2/c1-3-18-16-24-21(19(18)4-2)12-14-22(15-13-21)20(23)11-10-17-8-6-5-7-9-17/h3-11H,12-16H2,1-2H3/b11-10+,18-3-,19-4+. The van der Waals surface area contributed by atoms with Crippen molar-refractivity contribution in [1.29, 1.82) is 0 Å². The molecule has 24 heavy (non-hydrogen) atoms. The topological polar surface area (TPSA) is 29.5 Å². The van der Waals surface area contributed by atoms with E-state index < -0.39 is 0 Å². The maximum atomic E-state index is 12.4. The predicted molar refractivity (Wildman–Crippen MR) is 97.5 cm³/mol. The van der Waals surface area contributed by atoms with Crippen molar-refractivity contribution >= 4 is 12.0 Å². The van der Waals surface area contributed by atoms with Crippen LogP contribution >= 0.6 is 0 Å². The number of likely N-dealkylation sites (tertiary alicyclic amines) is 1. The number of hydrogen-bond donors (Lipinski definition) is 0. The van der Waals surface area contributed by atoms with Crippen LogP contribution in [-0.2, 0) is 9.53 Å². The van der Waals surface area contributed by atoms with Crippen LogP contribution in [0.15, 0.2) is 59.7 Å². The van der Waals surface area contributed by atoms with E-state index in [1.54, 1.807) is 6.08 Å². The van der Waals surface area contributed by atoms with Gasteiger partial charge in [-0.15, -0.1) is 0 Å². The van der Waals surface area contributed by atoms with Crippen molar-refractivity contribution in [3.63, 3.8) is 0 Å². The molecule has 3 heteroatoms. The zero-order valence-electron chi connectivity index (χ0n) is 14.5. The Morgan fingerprint density at radius 3 is 2.46 bits per heavy atom. The van der Waals surface area contributed by atoms with Gasteiger partial charge in [-0.3, -0.25) is 4.79 Å². The largest absolute Gasteiger partial charge is 0.365 e. The van der Waals surface area contributed by atoms with Crippen molar-refractivity contribution in [2.45, 2.75) is 32.3 Å². The van der Waals surface area contributed by atoms with Crippen LogP contribution in [0.3, 0.4) is 0 Å². The normalized spacial score (nSPS) is 23.7. The fourth-order valence-corrected chi connectivity index (χ4v) is 3.69. The number of allylic oxidation sites excluding steroid dienone is 2. The van der Waals surface area contributed by atoms with Gasteiger partial charge in [-0.2, -0.15) is 0 Å². The Bertz CT molecular complexity index is 677. The summed E-state index contributed by atoms with van der Waals surface area (Å²) in [5.41, 5.74) is 3.47. The van der Waals surface area contributed by atoms with Crippen molar-refractivity contribution < 1.29 is 9.53 Å². The lowest BCUT2D eigenvalue weighted by atomic mass is 9.82. The summed E-state index contributed by atoms with van der Waals surface area (Å²) in [6.07, 6.45) is 9.62. The Labute approximate surface area is 144 Å². The zero-order chi connectivity index (χ0) is 17.0. The van der Waals surface area contributed by atoms with Crippen LogP contribution in [0.2, 0.25) is 0 Å². The molecule has 0 bridgehead atoms. The summed E-state index contributed by atoms with van der Waals surface area (Å²) < 4.78 is 6.15. The van der Waals surface area contributed by atoms with E-state index in [9.17, 15) is 4.79 Å². The first-order valence-corrected chi connectivity index (χ1v) is 8.67. The second-order valence-corrected chi connectivity index (χ2v) is 6.37. The van der Waals surface area contributed by atoms with Gasteiger partial charge < -0.3 is 9.64 Å². The van der Waals surface area contributed by atoms with Gasteiger partial charge in [-0.05, 0) is 49.5 Å². The summed E-state index contributed by atoms with van der Waals surface area (Å²) in [4.78, 5) is 14.3. The average molecular weight is 323 g/mol. The third kappa shape index (κ3) is 3.22. The molecule has 0 saturated carbocycles. The van der Waals surface area contributed by atoms with Crippen LogP contribution < -0.4 is 0 Å². The summed E-state index contributed by atoms with van der Waals surface area (Å²) in [7, 11) is 0. The summed E-state index contributed by atoms with van der Waals surface area (Å²) in [5, 5.41) is 0. The maximum Gasteiger partial charge on any atom is 0.246 e. The Hall–Kier alpha value is -2.13. The Morgan fingerprint density at radius 2 is 1.83 bits per heavy atom. The molecule has 2 aliphatic heterocycles. The summed E-state index contributed by atoms with van der Waals surface area (Å²) in [5.74, 6) is 0.0833. The number of piperidine rings is 1. The van der Waals surface area contributed by atoms with Crippen LogP contribution in [0.25, 0.3) is 6.08 Å². The third-order valence-corrected chi connectivity index (χ3v) is 5.08. The number of amides is 1. The minimum atomic E-state index is -0.184. The van der Waals surface area contributed by atoms with Gasteiger partial charge >= 0.3 is 0 Å². The Morgan fingerprint density at radius 1 is 1.12 bits per heavy atom. The van der Waals surface area contributed by atoms with E-state index >= 15 is 0 Å². The number of hydrogen-bond acceptors (Lipinski definition) is 2. The summed E-state index contributed by atoms with van der Waals surface area (Å²) in [6, 6.07) is 9.92. The highest BCUT2D eigenvalue weighted by atomic mass is 16.5. The number of nitrogens with zero attached hydrogens (tertiary/aromatic N) is 1. The highest BCUT2D eigenvalue weighted by Crippen LogP contribution is 2.42. The van der Waals surface area contributed by atoms with Gasteiger partial charge in [0.25, 0.3) is 0 Å². The Kier molecular flexibility index (Phi) is 5.00. The maximum absolute atomic E-state index is 12.4. The van der Waals surface area contributed by atoms with Crippen LogP contribution in [0, 0.1) is 0 Å². The van der Waals surface area contributed by atoms with E-state index in [1.807, 2.05) is 41.3 Å². The third-order valence-electron chi connectivity index (χ3n) is 5.08. The van der Waals surface area contributed by atoms with E-state index in [4.69, 9.17) is 4.74 Å². The van der Waals surface area contributed by atoms with Crippen LogP contribution in [0.5, 0.6) is 0 Å². The van der Waals surface area contributed by atoms with Gasteiger partial charge in [0.1, 0.15) is 0 Å². The molecule has 0 aromatic heterocycles. The monoisotopic (exact) mass is 323 g/mol. The lowest BCUT2D eigenvalue weighted by Crippen LogP contribution is -2.46. The van der Waals surface area contributed by atoms with Gasteiger partial charge in [-0.25, -0.2) is 0 Å². The highest BCUT2D eigenvalue weighted by Gasteiger charge is 2.44. The van der Waals surface area contributed by atoms with E-state index in [-0.39, 0.29) is 11.5 Å². The van der Waals surface area contributed by atoms with Crippen LogP contribution in [0.4, 0.5) is 0 Å². The molecule has 1 aromatic rings. The fraction of sp³-hybridized carbons (Fsp3) is 0.381. The van der Waals surface area contributed by atoms with Gasteiger partial charge in [-0.1, -0.05) is 42.5 Å². The number of carbonyl (C=O) groups excluding carboxylic acids is 1. The lowest BCUT2D eigenvalue weighted by Gasteiger charge is -2.39. The van der Waals surface area contributed by atoms with Crippen LogP contribution in [-0.4, -0.2) is 36.1 Å². The molecule has 0 radical (unpaired) electrons. The molecule has 0 aliphatic carbocycles. The number of ether oxygens (including phenoxy) is 1. The minimum Gasteiger partial charge on any atom is -0.365 e. The van der Waals surface area contributed by atoms with E-state index in [2.05, 4.69) is 26.0 Å². The second kappa shape index (κ2) is 7.18. The van der Waals surface area contributed by atoms with Gasteiger partial charge in [0.05, 0.1) is 12.2 Å². The molecule has 0 N–H and O–H groups in total. The van der Waals surface area contributed by atoms with E-state index in [1.165, 1.54) is 11.1 Å². The zero-order valence-corrected chi connectivity index (χ0v) is 14.5. The molecule has 1 amide bonds. The van der Waals surface area contributed by atoms with Crippen molar-refractivity contribution in [3.05, 3.63) is 65.3 Å². The molecule has 3 nitrogen and oxygen atoms in total. The number of benzene rings is 1. The van der Waals surface area contributed by atoms with Gasteiger partial charge in [0.15, 0.2) is 0 Å². The van der Waals surface area contributed by atoms with Gasteiger partial charge in [0, 0.05) is 19.2 Å². The molecule has 1 spiro atoms. The predicted octanol–water partition coefficient (Wildman–Crippen LogP) is 3.98. The molecular weight excluding hydrogens is 298 g/mol. The molecule has 126 valence electrons. The molecule has 2 saturated heterocycles. The van der Waals surface area contributed by atoms with Gasteiger partial charge in [0.2, 0.25) is 5.91 Å². The first-order chi connectivity index (χ1) is 11.7. The minimum absolute atomic E-state index is 0.0833. The molecule has 2 aliphatic rings. The first kappa shape index (κ1) is 16.7. The molecule has 0 atom stereocenters. The summed E-state index contributed by atoms with van der Waals surface area (Å²) >= 11 is 0. The molecular formula is C21H25NO2. The summed E-state index contributed by atoms with van der Waals surface area (Å²) in [6.45, 7) is 6.32. The van der Waals surface area contributed by atoms with Crippen molar-refractivity contribution in [1.82, 2.24) is 4.90 Å². The van der Waals surface area contributed by atoms with Crippen molar-refractivity contribution in [2.75, 3.05) is 19.7 Å². The number of carbonyl (C=O) groups is 1. The number of rotatable bonds is 2. The average Bonchev–Trinajstić information content (AvgIpc) is 2.98. The molecule has 1 aromatic carbocycles. The highest BCUT2D eigenvalue weighted by molar-refractivity contribution is 5.91. The molecule has 0 unspecified atom stereocenters. The fourth-order valence-electron chi connectivity index (χ4n) is 3.69. The Balaban J connectivity index is 1.63. The first-order valence-electron chi connectivity index (χ1n) is 8.67. The van der Waals surface area contributed by atoms with E-state index in [0.717, 1.165) is 31.5 Å². The molecule has 2 heterocycles. The van der Waals surface area contributed by atoms with Crippen molar-refractivity contribution in [3.8, 4) is 0 Å². The van der Waals surface area contributed by atoms with Crippen molar-refractivity contribution in [2.24, 2.45) is 0 Å². The molecule has 3 rings (SSSR count). The lowest BCUT2D eigenvalue weighted by molar-refractivity contribution is -0.129. The molecule has 2 fully saturated rings. The SMILES string of the molecule is C/C=C1/COC2(CCN(C(=O)/C=C/c3ccccc3)CC2)/C1=C/C. The van der Waals surface area contributed by atoms with E-state index in [0.29, 0.717) is 6.61 Å². The quantitative estimate of drug-likeness (QED) is 0.770. The van der Waals surface area contributed by atoms with Crippen LogP contribution in [0.1, 0.15) is 32.3 Å². The second-order valence-electron chi connectivity index (χ2n) is 6.37.